The summed E-state index contributed by atoms with van der Waals surface area (Å²) in [5.74, 6) is 0. The lowest BCUT2D eigenvalue weighted by Crippen LogP contribution is -1.85. The van der Waals surface area contributed by atoms with Crippen LogP contribution in [0, 0.1) is 0 Å². The predicted molar refractivity (Wildman–Crippen MR) is 38.8 cm³/mol. The molecule has 0 aromatic heterocycles. The molecule has 0 bridgehead atoms. The minimum atomic E-state index is 0. The second-order valence-electron chi connectivity index (χ2n) is 2.12. The maximum atomic E-state index is 1.50. The SMILES string of the molecule is C1CCCCC1.P. The van der Waals surface area contributed by atoms with Gasteiger partial charge in [-0.3, -0.25) is 0 Å². The van der Waals surface area contributed by atoms with Crippen LogP contribution in [0.15, 0.2) is 0 Å². The van der Waals surface area contributed by atoms with Crippen molar-refractivity contribution in [2.24, 2.45) is 0 Å². The summed E-state index contributed by atoms with van der Waals surface area (Å²) in [5.41, 5.74) is 0. The van der Waals surface area contributed by atoms with E-state index in [1.54, 1.807) is 0 Å². The molecule has 1 aliphatic carbocycles. The van der Waals surface area contributed by atoms with Crippen molar-refractivity contribution in [1.82, 2.24) is 0 Å². The van der Waals surface area contributed by atoms with Crippen molar-refractivity contribution >= 4 is 9.90 Å². The molecule has 0 N–H and O–H groups in total. The minimum Gasteiger partial charge on any atom is -0.153 e. The van der Waals surface area contributed by atoms with E-state index in [9.17, 15) is 0 Å². The first-order chi connectivity index (χ1) is 3.00. The highest BCUT2D eigenvalue weighted by Crippen LogP contribution is 2.15. The van der Waals surface area contributed by atoms with Crippen LogP contribution < -0.4 is 0 Å². The van der Waals surface area contributed by atoms with Crippen LogP contribution in [0.5, 0.6) is 0 Å². The third kappa shape index (κ3) is 3.05. The first-order valence-corrected chi connectivity index (χ1v) is 3.00. The smallest absolute Gasteiger partial charge is 0.0533 e. The molecule has 1 rings (SSSR count). The van der Waals surface area contributed by atoms with E-state index in [2.05, 4.69) is 0 Å². The molecule has 0 heterocycles. The van der Waals surface area contributed by atoms with E-state index in [0.29, 0.717) is 0 Å². The fourth-order valence-electron chi connectivity index (χ4n) is 1.06. The standard InChI is InChI=1S/C6H12.H3P/c1-2-4-6-5-3-1;/h1-6H2;1H3. The van der Waals surface area contributed by atoms with Gasteiger partial charge >= 0.3 is 0 Å². The van der Waals surface area contributed by atoms with Crippen LogP contribution in [-0.4, -0.2) is 0 Å². The Morgan fingerprint density at radius 3 is 0.714 bits per heavy atom. The lowest BCUT2D eigenvalue weighted by Gasteiger charge is -2.05. The number of hydrogen-bond donors (Lipinski definition) is 0. The summed E-state index contributed by atoms with van der Waals surface area (Å²) in [7, 11) is 0. The first-order valence-electron chi connectivity index (χ1n) is 3.00. The number of rotatable bonds is 0. The molecule has 44 valence electrons. The first kappa shape index (κ1) is 7.43. The monoisotopic (exact) mass is 118 g/mol. The molecule has 0 spiro atoms. The van der Waals surface area contributed by atoms with Gasteiger partial charge in [-0.1, -0.05) is 38.5 Å². The number of hydrogen-bond acceptors (Lipinski definition) is 0. The van der Waals surface area contributed by atoms with E-state index in [1.807, 2.05) is 0 Å². The molecular formula is C6H15P. The zero-order chi connectivity index (χ0) is 4.24. The Hall–Kier alpha value is 0.430. The van der Waals surface area contributed by atoms with Crippen molar-refractivity contribution in [3.8, 4) is 0 Å². The van der Waals surface area contributed by atoms with Gasteiger partial charge in [-0.05, 0) is 0 Å². The molecule has 0 saturated heterocycles. The highest BCUT2D eigenvalue weighted by Gasteiger charge is 1.95. The van der Waals surface area contributed by atoms with Crippen LogP contribution in [0.4, 0.5) is 0 Å². The van der Waals surface area contributed by atoms with E-state index in [1.165, 1.54) is 38.5 Å². The van der Waals surface area contributed by atoms with Gasteiger partial charge in [0.2, 0.25) is 0 Å². The van der Waals surface area contributed by atoms with Gasteiger partial charge in [-0.15, -0.1) is 0 Å². The molecule has 1 heteroatoms. The summed E-state index contributed by atoms with van der Waals surface area (Å²) in [6.45, 7) is 0. The summed E-state index contributed by atoms with van der Waals surface area (Å²) in [6.07, 6.45) is 9.00. The summed E-state index contributed by atoms with van der Waals surface area (Å²) in [6, 6.07) is 0. The minimum absolute atomic E-state index is 0. The van der Waals surface area contributed by atoms with Gasteiger partial charge < -0.3 is 0 Å². The zero-order valence-electron chi connectivity index (χ0n) is 4.95. The average molecular weight is 118 g/mol. The summed E-state index contributed by atoms with van der Waals surface area (Å²) < 4.78 is 0. The average Bonchev–Trinajstić information content (AvgIpc) is 1.72. The molecule has 1 aliphatic rings. The maximum Gasteiger partial charge on any atom is -0.0533 e. The van der Waals surface area contributed by atoms with Gasteiger partial charge in [0.05, 0.1) is 0 Å². The molecule has 0 radical (unpaired) electrons. The van der Waals surface area contributed by atoms with Gasteiger partial charge in [-0.25, -0.2) is 0 Å². The zero-order valence-corrected chi connectivity index (χ0v) is 6.36. The Bertz CT molecular complexity index is 19.7. The Balaban J connectivity index is 0.000000360. The van der Waals surface area contributed by atoms with E-state index < -0.39 is 0 Å². The van der Waals surface area contributed by atoms with Crippen molar-refractivity contribution in [1.29, 1.82) is 0 Å². The molecule has 0 nitrogen and oxygen atoms in total. The predicted octanol–water partition coefficient (Wildman–Crippen LogP) is 2.40. The van der Waals surface area contributed by atoms with E-state index >= 15 is 0 Å². The van der Waals surface area contributed by atoms with E-state index in [4.69, 9.17) is 0 Å². The fraction of sp³-hybridized carbons (Fsp3) is 1.00. The normalized spacial score (nSPS) is 20.6. The summed E-state index contributed by atoms with van der Waals surface area (Å²) >= 11 is 0. The van der Waals surface area contributed by atoms with Crippen molar-refractivity contribution < 1.29 is 0 Å². The highest BCUT2D eigenvalue weighted by atomic mass is 31.0. The van der Waals surface area contributed by atoms with Gasteiger partial charge in [0.15, 0.2) is 0 Å². The van der Waals surface area contributed by atoms with Crippen LogP contribution in [0.2, 0.25) is 0 Å². The molecule has 1 unspecified atom stereocenters. The van der Waals surface area contributed by atoms with Crippen LogP contribution in [-0.2, 0) is 0 Å². The Morgan fingerprint density at radius 1 is 0.429 bits per heavy atom. The lowest BCUT2D eigenvalue weighted by atomic mass is 10.0. The molecule has 0 aliphatic heterocycles. The van der Waals surface area contributed by atoms with E-state index in [0.717, 1.165) is 0 Å². The largest absolute Gasteiger partial charge is 0.153 e. The molecule has 1 atom stereocenters. The molecule has 0 aromatic carbocycles. The Labute approximate surface area is 49.3 Å². The van der Waals surface area contributed by atoms with Crippen molar-refractivity contribution in [3.63, 3.8) is 0 Å². The fourth-order valence-corrected chi connectivity index (χ4v) is 1.06. The van der Waals surface area contributed by atoms with Crippen molar-refractivity contribution in [3.05, 3.63) is 0 Å². The van der Waals surface area contributed by atoms with Gasteiger partial charge in [0.25, 0.3) is 0 Å². The second kappa shape index (κ2) is 4.59. The van der Waals surface area contributed by atoms with Crippen molar-refractivity contribution in [2.45, 2.75) is 38.5 Å². The molecule has 7 heavy (non-hydrogen) atoms. The Morgan fingerprint density at radius 2 is 0.571 bits per heavy atom. The highest BCUT2D eigenvalue weighted by molar-refractivity contribution is 6.92. The van der Waals surface area contributed by atoms with Crippen LogP contribution in [0.25, 0.3) is 0 Å². The molecule has 1 saturated carbocycles. The van der Waals surface area contributed by atoms with Crippen LogP contribution >= 0.6 is 9.90 Å². The van der Waals surface area contributed by atoms with Gasteiger partial charge in [-0.2, -0.15) is 9.90 Å². The van der Waals surface area contributed by atoms with Crippen LogP contribution in [0.1, 0.15) is 38.5 Å². The van der Waals surface area contributed by atoms with Crippen LogP contribution in [0.3, 0.4) is 0 Å². The molecule has 1 fully saturated rings. The molecular weight excluding hydrogens is 103 g/mol. The van der Waals surface area contributed by atoms with E-state index in [-0.39, 0.29) is 9.90 Å². The lowest BCUT2D eigenvalue weighted by molar-refractivity contribution is 0.504. The molecule has 0 amide bonds. The van der Waals surface area contributed by atoms with Gasteiger partial charge in [0, 0.05) is 0 Å². The topological polar surface area (TPSA) is 0 Å². The molecule has 0 aromatic rings. The maximum absolute atomic E-state index is 1.50. The third-order valence-corrected chi connectivity index (χ3v) is 1.50. The second-order valence-corrected chi connectivity index (χ2v) is 2.12. The summed E-state index contributed by atoms with van der Waals surface area (Å²) in [4.78, 5) is 0. The summed E-state index contributed by atoms with van der Waals surface area (Å²) in [5, 5.41) is 0. The Kier molecular flexibility index (Phi) is 4.87. The van der Waals surface area contributed by atoms with Crippen molar-refractivity contribution in [2.75, 3.05) is 0 Å². The quantitative estimate of drug-likeness (QED) is 0.428. The third-order valence-electron chi connectivity index (χ3n) is 1.50. The van der Waals surface area contributed by atoms with Gasteiger partial charge in [0.1, 0.15) is 0 Å².